The van der Waals surface area contributed by atoms with Gasteiger partial charge in [-0.2, -0.15) is 0 Å². The van der Waals surface area contributed by atoms with Gasteiger partial charge < -0.3 is 19.5 Å². The molecule has 6 nitrogen and oxygen atoms in total. The molecule has 41 heavy (non-hydrogen) atoms. The number of ether oxygens (including phenoxy) is 1. The van der Waals surface area contributed by atoms with Crippen molar-refractivity contribution in [3.05, 3.63) is 107 Å². The third-order valence-electron chi connectivity index (χ3n) is 8.66. The highest BCUT2D eigenvalue weighted by Crippen LogP contribution is 2.40. The Bertz CT molecular complexity index is 1370. The number of fused-ring (bicyclic) bond motifs is 1. The summed E-state index contributed by atoms with van der Waals surface area (Å²) in [6.07, 6.45) is 3.45. The van der Waals surface area contributed by atoms with E-state index in [9.17, 15) is 4.79 Å². The molecule has 2 aliphatic rings. The highest BCUT2D eigenvalue weighted by molar-refractivity contribution is 6.02. The molecule has 6 rings (SSSR count). The molecule has 0 saturated carbocycles. The molecule has 1 aromatic heterocycles. The van der Waals surface area contributed by atoms with Crippen LogP contribution in [-0.2, 0) is 11.3 Å². The molecular formula is C35H42N4O2. The maximum absolute atomic E-state index is 14.3. The van der Waals surface area contributed by atoms with Gasteiger partial charge in [0, 0.05) is 55.1 Å². The molecule has 214 valence electrons. The minimum absolute atomic E-state index is 0.0245. The van der Waals surface area contributed by atoms with Gasteiger partial charge in [0.1, 0.15) is 5.69 Å². The van der Waals surface area contributed by atoms with Crippen LogP contribution in [0.15, 0.2) is 84.9 Å². The van der Waals surface area contributed by atoms with Gasteiger partial charge in [0.25, 0.3) is 5.91 Å². The molecule has 0 unspecified atom stereocenters. The minimum atomic E-state index is -0.0514. The van der Waals surface area contributed by atoms with Crippen molar-refractivity contribution in [2.75, 3.05) is 59.0 Å². The van der Waals surface area contributed by atoms with Gasteiger partial charge >= 0.3 is 0 Å². The van der Waals surface area contributed by atoms with E-state index in [2.05, 4.69) is 105 Å². The largest absolute Gasteiger partial charge is 0.379 e. The average molecular weight is 551 g/mol. The molecular weight excluding hydrogens is 508 g/mol. The lowest BCUT2D eigenvalue weighted by atomic mass is 9.83. The van der Waals surface area contributed by atoms with Crippen molar-refractivity contribution in [1.29, 1.82) is 0 Å². The van der Waals surface area contributed by atoms with Crippen molar-refractivity contribution >= 4 is 16.8 Å². The number of likely N-dealkylation sites (tertiary alicyclic amines) is 1. The van der Waals surface area contributed by atoms with E-state index in [-0.39, 0.29) is 11.8 Å². The third-order valence-corrected chi connectivity index (χ3v) is 8.66. The second-order valence-corrected chi connectivity index (χ2v) is 11.3. The number of carbonyl (C=O) groups excluding carboxylic acids is 1. The Morgan fingerprint density at radius 3 is 2.02 bits per heavy atom. The molecule has 0 atom stereocenters. The normalized spacial score (nSPS) is 16.5. The molecule has 0 bridgehead atoms. The number of nitrogens with one attached hydrogen (secondary N) is 1. The summed E-state index contributed by atoms with van der Waals surface area (Å²) in [4.78, 5) is 19.2. The Labute approximate surface area is 243 Å². The first-order valence-electron chi connectivity index (χ1n) is 15.3. The molecule has 0 aliphatic carbocycles. The van der Waals surface area contributed by atoms with E-state index in [4.69, 9.17) is 4.74 Å². The van der Waals surface area contributed by atoms with Crippen molar-refractivity contribution in [2.45, 2.75) is 31.7 Å². The SMILES string of the molecule is O=C(NCCCN1CCOCC1)c1c(C(c2ccccc2)c2ccccc2)c2ccccc2n1CCN1CCCC1. The van der Waals surface area contributed by atoms with Gasteiger partial charge in [0.15, 0.2) is 0 Å². The second-order valence-electron chi connectivity index (χ2n) is 11.3. The summed E-state index contributed by atoms with van der Waals surface area (Å²) in [6, 6.07) is 29.9. The van der Waals surface area contributed by atoms with Gasteiger partial charge in [0.2, 0.25) is 0 Å². The summed E-state index contributed by atoms with van der Waals surface area (Å²) < 4.78 is 7.80. The van der Waals surface area contributed by atoms with Crippen molar-refractivity contribution in [3.8, 4) is 0 Å². The van der Waals surface area contributed by atoms with E-state index in [1.807, 2.05) is 0 Å². The molecule has 6 heteroatoms. The summed E-state index contributed by atoms with van der Waals surface area (Å²) in [5.41, 5.74) is 5.43. The predicted octanol–water partition coefficient (Wildman–Crippen LogP) is 5.37. The standard InChI is InChI=1S/C35H42N4O2/c40-35(36-18-11-21-38-24-26-41-27-25-38)34-33(32(28-12-3-1-4-13-28)29-14-5-2-6-15-29)30-16-7-8-17-31(30)39(34)23-22-37-19-9-10-20-37/h1-8,12-17,32H,9-11,18-27H2,(H,36,40). The summed E-state index contributed by atoms with van der Waals surface area (Å²) in [5, 5.41) is 4.49. The number of carbonyl (C=O) groups is 1. The van der Waals surface area contributed by atoms with Crippen LogP contribution >= 0.6 is 0 Å². The summed E-state index contributed by atoms with van der Waals surface area (Å²) in [5.74, 6) is -0.0269. The second kappa shape index (κ2) is 13.5. The Hall–Kier alpha value is -3.45. The number of nitrogens with zero attached hydrogens (tertiary/aromatic N) is 3. The molecule has 3 heterocycles. The van der Waals surface area contributed by atoms with E-state index in [0.717, 1.165) is 87.6 Å². The Kier molecular flexibility index (Phi) is 9.11. The van der Waals surface area contributed by atoms with Crippen LogP contribution in [0.3, 0.4) is 0 Å². The Morgan fingerprint density at radius 2 is 1.34 bits per heavy atom. The molecule has 2 fully saturated rings. The summed E-state index contributed by atoms with van der Waals surface area (Å²) >= 11 is 0. The fourth-order valence-electron chi connectivity index (χ4n) is 6.58. The van der Waals surface area contributed by atoms with Crippen molar-refractivity contribution in [2.24, 2.45) is 0 Å². The van der Waals surface area contributed by atoms with Crippen LogP contribution in [0.4, 0.5) is 0 Å². The first-order chi connectivity index (χ1) is 20.3. The third kappa shape index (κ3) is 6.40. The van der Waals surface area contributed by atoms with Crippen LogP contribution in [-0.4, -0.2) is 79.3 Å². The highest BCUT2D eigenvalue weighted by Gasteiger charge is 2.30. The zero-order valence-electron chi connectivity index (χ0n) is 24.0. The van der Waals surface area contributed by atoms with Gasteiger partial charge in [-0.25, -0.2) is 0 Å². The molecule has 1 N–H and O–H groups in total. The predicted molar refractivity (Wildman–Crippen MR) is 166 cm³/mol. The van der Waals surface area contributed by atoms with Crippen LogP contribution in [0, 0.1) is 0 Å². The topological polar surface area (TPSA) is 49.7 Å². The van der Waals surface area contributed by atoms with E-state index < -0.39 is 0 Å². The van der Waals surface area contributed by atoms with E-state index >= 15 is 0 Å². The van der Waals surface area contributed by atoms with Gasteiger partial charge in [-0.1, -0.05) is 78.9 Å². The summed E-state index contributed by atoms with van der Waals surface area (Å²) in [6.45, 7) is 9.22. The number of hydrogen-bond acceptors (Lipinski definition) is 4. The van der Waals surface area contributed by atoms with Crippen molar-refractivity contribution in [3.63, 3.8) is 0 Å². The molecule has 3 aromatic carbocycles. The number of hydrogen-bond donors (Lipinski definition) is 1. The lowest BCUT2D eigenvalue weighted by molar-refractivity contribution is 0.0374. The van der Waals surface area contributed by atoms with Gasteiger partial charge in [-0.05, 0) is 56.1 Å². The first-order valence-corrected chi connectivity index (χ1v) is 15.3. The molecule has 0 spiro atoms. The summed E-state index contributed by atoms with van der Waals surface area (Å²) in [7, 11) is 0. The zero-order chi connectivity index (χ0) is 27.9. The number of benzene rings is 3. The van der Waals surface area contributed by atoms with Crippen LogP contribution in [0.5, 0.6) is 0 Å². The van der Waals surface area contributed by atoms with Gasteiger partial charge in [-0.15, -0.1) is 0 Å². The van der Waals surface area contributed by atoms with Crippen molar-refractivity contribution in [1.82, 2.24) is 19.7 Å². The van der Waals surface area contributed by atoms with E-state index in [1.54, 1.807) is 0 Å². The molecule has 4 aromatic rings. The van der Waals surface area contributed by atoms with E-state index in [0.29, 0.717) is 6.54 Å². The maximum atomic E-state index is 14.3. The fourth-order valence-corrected chi connectivity index (χ4v) is 6.58. The van der Waals surface area contributed by atoms with Crippen LogP contribution < -0.4 is 5.32 Å². The van der Waals surface area contributed by atoms with Gasteiger partial charge in [-0.3, -0.25) is 9.69 Å². The van der Waals surface area contributed by atoms with Crippen LogP contribution in [0.25, 0.3) is 10.9 Å². The first kappa shape index (κ1) is 27.7. The van der Waals surface area contributed by atoms with Gasteiger partial charge in [0.05, 0.1) is 13.2 Å². The number of amides is 1. The van der Waals surface area contributed by atoms with Crippen LogP contribution in [0.1, 0.15) is 52.4 Å². The average Bonchev–Trinajstić information content (AvgIpc) is 3.66. The number of rotatable bonds is 11. The monoisotopic (exact) mass is 550 g/mol. The fraction of sp³-hybridized carbons (Fsp3) is 0.400. The quantitative estimate of drug-likeness (QED) is 0.255. The number of morpholine rings is 1. The Balaban J connectivity index is 1.39. The lowest BCUT2D eigenvalue weighted by Gasteiger charge is -2.26. The lowest BCUT2D eigenvalue weighted by Crippen LogP contribution is -2.38. The molecule has 0 radical (unpaired) electrons. The molecule has 1 amide bonds. The Morgan fingerprint density at radius 1 is 0.732 bits per heavy atom. The minimum Gasteiger partial charge on any atom is -0.379 e. The number of para-hydroxylation sites is 1. The maximum Gasteiger partial charge on any atom is 0.268 e. The van der Waals surface area contributed by atoms with Crippen molar-refractivity contribution < 1.29 is 9.53 Å². The highest BCUT2D eigenvalue weighted by atomic mass is 16.5. The molecule has 2 aliphatic heterocycles. The zero-order valence-corrected chi connectivity index (χ0v) is 24.0. The smallest absolute Gasteiger partial charge is 0.268 e. The number of aromatic nitrogens is 1. The molecule has 2 saturated heterocycles. The van der Waals surface area contributed by atoms with Crippen LogP contribution in [0.2, 0.25) is 0 Å². The van der Waals surface area contributed by atoms with E-state index in [1.165, 1.54) is 24.0 Å².